The summed E-state index contributed by atoms with van der Waals surface area (Å²) in [6, 6.07) is -0.432. The van der Waals surface area contributed by atoms with Gasteiger partial charge >= 0.3 is 0 Å². The smallest absolute Gasteiger partial charge is 0.275 e. The molecule has 0 fully saturated rings. The Morgan fingerprint density at radius 3 is 2.53 bits per heavy atom. The number of nitrogens with one attached hydrogen (secondary N) is 2. The highest BCUT2D eigenvalue weighted by atomic mass is 16.2. The highest BCUT2D eigenvalue weighted by molar-refractivity contribution is 5.76. The first-order valence-electron chi connectivity index (χ1n) is 5.63. The number of hydrogen-bond acceptors (Lipinski definition) is 4. The standard InChI is InChI=1S/C11H18N4O2/c1-6(2)5-9(16)12-7(3)10-11(17)13-8(4)14-15-10/h6-7H,5H2,1-4H3,(H,12,16)(H,13,14,17). The lowest BCUT2D eigenvalue weighted by Gasteiger charge is -2.13. The summed E-state index contributed by atoms with van der Waals surface area (Å²) >= 11 is 0. The Bertz CT molecular complexity index is 453. The number of aromatic amines is 1. The Morgan fingerprint density at radius 2 is 2.00 bits per heavy atom. The molecule has 0 bridgehead atoms. The van der Waals surface area contributed by atoms with E-state index in [-0.39, 0.29) is 23.1 Å². The maximum Gasteiger partial charge on any atom is 0.275 e. The number of nitrogens with zero attached hydrogens (tertiary/aromatic N) is 2. The molecule has 0 aromatic carbocycles. The number of amides is 1. The van der Waals surface area contributed by atoms with Gasteiger partial charge in [0, 0.05) is 6.42 Å². The van der Waals surface area contributed by atoms with Crippen LogP contribution in [0, 0.1) is 12.8 Å². The van der Waals surface area contributed by atoms with Gasteiger partial charge < -0.3 is 10.3 Å². The molecule has 2 N–H and O–H groups in total. The Morgan fingerprint density at radius 1 is 1.35 bits per heavy atom. The fraction of sp³-hybridized carbons (Fsp3) is 0.636. The van der Waals surface area contributed by atoms with Gasteiger partial charge in [0.25, 0.3) is 5.56 Å². The third-order valence-electron chi connectivity index (χ3n) is 2.22. The van der Waals surface area contributed by atoms with Crippen LogP contribution in [0.1, 0.15) is 44.8 Å². The maximum atomic E-state index is 11.6. The Labute approximate surface area is 99.9 Å². The van der Waals surface area contributed by atoms with Crippen LogP contribution >= 0.6 is 0 Å². The number of H-pyrrole nitrogens is 1. The highest BCUT2D eigenvalue weighted by Crippen LogP contribution is 2.05. The molecular weight excluding hydrogens is 220 g/mol. The van der Waals surface area contributed by atoms with Crippen LogP contribution in [0.3, 0.4) is 0 Å². The van der Waals surface area contributed by atoms with E-state index in [9.17, 15) is 9.59 Å². The summed E-state index contributed by atoms with van der Waals surface area (Å²) in [6.45, 7) is 7.29. The molecule has 17 heavy (non-hydrogen) atoms. The molecule has 0 spiro atoms. The Hall–Kier alpha value is -1.72. The Kier molecular flexibility index (Phi) is 4.37. The molecular formula is C11H18N4O2. The first-order chi connectivity index (χ1) is 7.90. The molecule has 0 aliphatic rings. The average Bonchev–Trinajstić information content (AvgIpc) is 2.15. The van der Waals surface area contributed by atoms with Crippen molar-refractivity contribution in [2.24, 2.45) is 5.92 Å². The van der Waals surface area contributed by atoms with E-state index in [2.05, 4.69) is 20.5 Å². The van der Waals surface area contributed by atoms with Crippen molar-refractivity contribution in [2.75, 3.05) is 0 Å². The minimum absolute atomic E-state index is 0.0886. The summed E-state index contributed by atoms with van der Waals surface area (Å²) in [6.07, 6.45) is 0.432. The minimum Gasteiger partial charge on any atom is -0.348 e. The maximum absolute atomic E-state index is 11.6. The normalized spacial score (nSPS) is 12.5. The number of aromatic nitrogens is 3. The predicted octanol–water partition coefficient (Wildman–Crippen LogP) is 0.697. The molecule has 1 aromatic rings. The molecule has 1 unspecified atom stereocenters. The minimum atomic E-state index is -0.432. The van der Waals surface area contributed by atoms with Gasteiger partial charge in [-0.1, -0.05) is 13.8 Å². The van der Waals surface area contributed by atoms with Crippen LogP contribution in [0.15, 0.2) is 4.79 Å². The van der Waals surface area contributed by atoms with Gasteiger partial charge in [-0.25, -0.2) is 0 Å². The fourth-order valence-electron chi connectivity index (χ4n) is 1.45. The van der Waals surface area contributed by atoms with Crippen molar-refractivity contribution in [3.05, 3.63) is 21.9 Å². The molecule has 0 aliphatic heterocycles. The van der Waals surface area contributed by atoms with E-state index in [1.54, 1.807) is 13.8 Å². The fourth-order valence-corrected chi connectivity index (χ4v) is 1.45. The van der Waals surface area contributed by atoms with E-state index in [1.165, 1.54) is 0 Å². The zero-order chi connectivity index (χ0) is 13.0. The van der Waals surface area contributed by atoms with E-state index in [1.807, 2.05) is 13.8 Å². The summed E-state index contributed by atoms with van der Waals surface area (Å²) in [5, 5.41) is 10.3. The first kappa shape index (κ1) is 13.3. The van der Waals surface area contributed by atoms with Crippen molar-refractivity contribution in [2.45, 2.75) is 40.2 Å². The molecule has 0 saturated carbocycles. The van der Waals surface area contributed by atoms with Crippen molar-refractivity contribution in [3.63, 3.8) is 0 Å². The van der Waals surface area contributed by atoms with Crippen molar-refractivity contribution < 1.29 is 4.79 Å². The zero-order valence-electron chi connectivity index (χ0n) is 10.6. The molecule has 0 saturated heterocycles. The molecule has 1 rings (SSSR count). The van der Waals surface area contributed by atoms with E-state index < -0.39 is 6.04 Å². The van der Waals surface area contributed by atoms with Crippen LogP contribution in [0.2, 0.25) is 0 Å². The van der Waals surface area contributed by atoms with E-state index in [4.69, 9.17) is 0 Å². The van der Waals surface area contributed by atoms with Crippen molar-refractivity contribution in [3.8, 4) is 0 Å². The van der Waals surface area contributed by atoms with Crippen LogP contribution in [0.5, 0.6) is 0 Å². The average molecular weight is 238 g/mol. The van der Waals surface area contributed by atoms with Gasteiger partial charge in [-0.3, -0.25) is 9.59 Å². The predicted molar refractivity (Wildman–Crippen MR) is 63.4 cm³/mol. The van der Waals surface area contributed by atoms with Gasteiger partial charge in [0.2, 0.25) is 5.91 Å². The SMILES string of the molecule is Cc1nnc(C(C)NC(=O)CC(C)C)c(=O)[nH]1. The quantitative estimate of drug-likeness (QED) is 0.808. The molecule has 1 atom stereocenters. The third kappa shape index (κ3) is 3.97. The molecule has 1 amide bonds. The van der Waals surface area contributed by atoms with Crippen LogP contribution in [-0.2, 0) is 4.79 Å². The van der Waals surface area contributed by atoms with Crippen LogP contribution in [0.25, 0.3) is 0 Å². The second-order valence-corrected chi connectivity index (χ2v) is 4.51. The number of rotatable bonds is 4. The second-order valence-electron chi connectivity index (χ2n) is 4.51. The lowest BCUT2D eigenvalue weighted by atomic mass is 10.1. The van der Waals surface area contributed by atoms with E-state index in [0.717, 1.165) is 0 Å². The lowest BCUT2D eigenvalue weighted by Crippen LogP contribution is -2.32. The highest BCUT2D eigenvalue weighted by Gasteiger charge is 2.15. The van der Waals surface area contributed by atoms with Crippen LogP contribution in [-0.4, -0.2) is 21.1 Å². The first-order valence-corrected chi connectivity index (χ1v) is 5.63. The lowest BCUT2D eigenvalue weighted by molar-refractivity contribution is -0.122. The van der Waals surface area contributed by atoms with Gasteiger partial charge in [-0.15, -0.1) is 10.2 Å². The molecule has 0 aliphatic carbocycles. The van der Waals surface area contributed by atoms with Crippen molar-refractivity contribution in [1.29, 1.82) is 0 Å². The molecule has 6 heteroatoms. The largest absolute Gasteiger partial charge is 0.348 e. The topological polar surface area (TPSA) is 87.7 Å². The van der Waals surface area contributed by atoms with E-state index >= 15 is 0 Å². The van der Waals surface area contributed by atoms with Gasteiger partial charge in [-0.2, -0.15) is 0 Å². The molecule has 6 nitrogen and oxygen atoms in total. The van der Waals surface area contributed by atoms with Crippen molar-refractivity contribution in [1.82, 2.24) is 20.5 Å². The summed E-state index contributed by atoms with van der Waals surface area (Å²) in [7, 11) is 0. The summed E-state index contributed by atoms with van der Waals surface area (Å²) in [4.78, 5) is 25.7. The van der Waals surface area contributed by atoms with Gasteiger partial charge in [0.05, 0.1) is 6.04 Å². The van der Waals surface area contributed by atoms with Gasteiger partial charge in [0.15, 0.2) is 0 Å². The molecule has 1 heterocycles. The molecule has 1 aromatic heterocycles. The summed E-state index contributed by atoms with van der Waals surface area (Å²) in [5.74, 6) is 0.651. The van der Waals surface area contributed by atoms with Crippen LogP contribution < -0.4 is 10.9 Å². The monoisotopic (exact) mass is 238 g/mol. The van der Waals surface area contributed by atoms with Gasteiger partial charge in [-0.05, 0) is 19.8 Å². The van der Waals surface area contributed by atoms with E-state index in [0.29, 0.717) is 12.2 Å². The number of carbonyl (C=O) groups excluding carboxylic acids is 1. The Balaban J connectivity index is 2.73. The number of hydrogen-bond donors (Lipinski definition) is 2. The van der Waals surface area contributed by atoms with Crippen molar-refractivity contribution >= 4 is 5.91 Å². The molecule has 0 radical (unpaired) electrons. The summed E-state index contributed by atoms with van der Waals surface area (Å²) in [5.41, 5.74) is -0.0810. The number of aryl methyl sites for hydroxylation is 1. The molecule has 94 valence electrons. The third-order valence-corrected chi connectivity index (χ3v) is 2.22. The second kappa shape index (κ2) is 5.56. The van der Waals surface area contributed by atoms with Crippen LogP contribution in [0.4, 0.5) is 0 Å². The summed E-state index contributed by atoms with van der Waals surface area (Å²) < 4.78 is 0. The number of carbonyl (C=O) groups is 1. The zero-order valence-corrected chi connectivity index (χ0v) is 10.6. The van der Waals surface area contributed by atoms with Gasteiger partial charge in [0.1, 0.15) is 11.5 Å².